The molecule has 0 radical (unpaired) electrons. The fourth-order valence-corrected chi connectivity index (χ4v) is 3.80. The number of hydrogen-bond donors (Lipinski definition) is 2. The minimum Gasteiger partial charge on any atom is -0.497 e. The summed E-state index contributed by atoms with van der Waals surface area (Å²) in [7, 11) is 1.54. The molecule has 0 spiro atoms. The number of carbonyl (C=O) groups excluding carboxylic acids is 3. The van der Waals surface area contributed by atoms with Gasteiger partial charge in [-0.05, 0) is 42.3 Å². The molecule has 10 heteroatoms. The van der Waals surface area contributed by atoms with E-state index < -0.39 is 24.0 Å². The van der Waals surface area contributed by atoms with E-state index in [0.717, 1.165) is 0 Å². The fraction of sp³-hybridized carbons (Fsp3) is 0.320. The molecule has 0 saturated carbocycles. The monoisotopic (exact) mass is 482 g/mol. The molecule has 2 amide bonds. The second-order valence-corrected chi connectivity index (χ2v) is 7.73. The zero-order valence-corrected chi connectivity index (χ0v) is 19.4. The predicted molar refractivity (Wildman–Crippen MR) is 123 cm³/mol. The van der Waals surface area contributed by atoms with E-state index in [0.29, 0.717) is 41.6 Å². The van der Waals surface area contributed by atoms with Crippen molar-refractivity contribution in [1.29, 1.82) is 0 Å². The Hall–Kier alpha value is -4.21. The summed E-state index contributed by atoms with van der Waals surface area (Å²) in [5, 5.41) is 5.31. The summed E-state index contributed by atoms with van der Waals surface area (Å²) in [6.07, 6.45) is -0.0211. The van der Waals surface area contributed by atoms with Gasteiger partial charge in [0.05, 0.1) is 37.4 Å². The maximum Gasteiger partial charge on any atom is 0.338 e. The lowest BCUT2D eigenvalue weighted by atomic mass is 9.95. The van der Waals surface area contributed by atoms with Crippen LogP contribution in [0.1, 0.15) is 24.1 Å². The summed E-state index contributed by atoms with van der Waals surface area (Å²) >= 11 is 0. The molecule has 2 aliphatic rings. The summed E-state index contributed by atoms with van der Waals surface area (Å²) in [5.41, 5.74) is 1.64. The van der Waals surface area contributed by atoms with Gasteiger partial charge in [0.15, 0.2) is 11.5 Å². The van der Waals surface area contributed by atoms with Crippen molar-refractivity contribution in [1.82, 2.24) is 10.6 Å². The van der Waals surface area contributed by atoms with E-state index in [-0.39, 0.29) is 30.9 Å². The molecule has 2 aromatic rings. The fourth-order valence-electron chi connectivity index (χ4n) is 3.80. The number of ether oxygens (including phenoxy) is 5. The van der Waals surface area contributed by atoms with E-state index in [1.807, 2.05) is 0 Å². The first-order valence-electron chi connectivity index (χ1n) is 11.1. The SMILES string of the molecule is CCOC(=O)C1=C(COC(=O)Cc2ccc3c(c2)OCCO3)NC(=O)N[C@H]1c1ccc(OC)cc1. The zero-order valence-electron chi connectivity index (χ0n) is 19.4. The van der Waals surface area contributed by atoms with Gasteiger partial charge in [-0.25, -0.2) is 9.59 Å². The molecule has 4 rings (SSSR count). The van der Waals surface area contributed by atoms with Gasteiger partial charge in [-0.3, -0.25) is 4.79 Å². The minimum absolute atomic E-state index is 0.0211. The number of esters is 2. The van der Waals surface area contributed by atoms with Gasteiger partial charge in [0.25, 0.3) is 0 Å². The van der Waals surface area contributed by atoms with Crippen LogP contribution >= 0.6 is 0 Å². The molecule has 2 heterocycles. The molecule has 0 saturated heterocycles. The Balaban J connectivity index is 1.52. The van der Waals surface area contributed by atoms with Gasteiger partial charge in [0, 0.05) is 0 Å². The van der Waals surface area contributed by atoms with Gasteiger partial charge < -0.3 is 34.3 Å². The summed E-state index contributed by atoms with van der Waals surface area (Å²) in [6.45, 7) is 2.43. The highest BCUT2D eigenvalue weighted by Gasteiger charge is 2.34. The van der Waals surface area contributed by atoms with Crippen LogP contribution in [0.4, 0.5) is 4.79 Å². The molecule has 2 N–H and O–H groups in total. The van der Waals surface area contributed by atoms with Crippen molar-refractivity contribution >= 4 is 18.0 Å². The normalized spacial score (nSPS) is 16.6. The van der Waals surface area contributed by atoms with Gasteiger partial charge in [-0.2, -0.15) is 0 Å². The maximum atomic E-state index is 12.8. The first-order chi connectivity index (χ1) is 17.0. The van der Waals surface area contributed by atoms with Crippen molar-refractivity contribution in [2.45, 2.75) is 19.4 Å². The van der Waals surface area contributed by atoms with E-state index >= 15 is 0 Å². The topological polar surface area (TPSA) is 121 Å². The molecule has 184 valence electrons. The molecule has 0 bridgehead atoms. The number of hydrogen-bond acceptors (Lipinski definition) is 8. The molecule has 35 heavy (non-hydrogen) atoms. The highest BCUT2D eigenvalue weighted by Crippen LogP contribution is 2.31. The molecule has 0 unspecified atom stereocenters. The third kappa shape index (κ3) is 5.65. The number of nitrogens with one attached hydrogen (secondary N) is 2. The lowest BCUT2D eigenvalue weighted by Gasteiger charge is -2.29. The largest absolute Gasteiger partial charge is 0.497 e. The average molecular weight is 482 g/mol. The molecule has 2 aromatic carbocycles. The van der Waals surface area contributed by atoms with E-state index in [1.54, 1.807) is 56.5 Å². The smallest absolute Gasteiger partial charge is 0.338 e. The van der Waals surface area contributed by atoms with Crippen LogP contribution in [0.15, 0.2) is 53.7 Å². The van der Waals surface area contributed by atoms with Crippen LogP contribution in [-0.4, -0.2) is 51.5 Å². The third-order valence-corrected chi connectivity index (χ3v) is 5.43. The van der Waals surface area contributed by atoms with Gasteiger partial charge in [0.2, 0.25) is 0 Å². The third-order valence-electron chi connectivity index (χ3n) is 5.43. The van der Waals surface area contributed by atoms with Crippen molar-refractivity contribution in [3.8, 4) is 17.2 Å². The lowest BCUT2D eigenvalue weighted by molar-refractivity contribution is -0.143. The number of methoxy groups -OCH3 is 1. The van der Waals surface area contributed by atoms with Gasteiger partial charge in [-0.1, -0.05) is 18.2 Å². The summed E-state index contributed by atoms with van der Waals surface area (Å²) < 4.78 is 26.9. The molecule has 2 aliphatic heterocycles. The van der Waals surface area contributed by atoms with Crippen molar-refractivity contribution in [2.75, 3.05) is 33.5 Å². The minimum atomic E-state index is -0.791. The number of urea groups is 1. The first-order valence-corrected chi connectivity index (χ1v) is 11.1. The quantitative estimate of drug-likeness (QED) is 0.551. The van der Waals surface area contributed by atoms with Gasteiger partial charge >= 0.3 is 18.0 Å². The van der Waals surface area contributed by atoms with Crippen molar-refractivity contribution in [3.63, 3.8) is 0 Å². The lowest BCUT2D eigenvalue weighted by Crippen LogP contribution is -2.47. The summed E-state index contributed by atoms with van der Waals surface area (Å²) in [6, 6.07) is 10.8. The highest BCUT2D eigenvalue weighted by atomic mass is 16.6. The molecule has 0 fully saturated rings. The maximum absolute atomic E-state index is 12.8. The number of fused-ring (bicyclic) bond motifs is 1. The van der Waals surface area contributed by atoms with E-state index in [2.05, 4.69) is 10.6 Å². The standard InChI is InChI=1S/C25H26N2O8/c1-3-32-24(29)22-18(26-25(30)27-23(22)16-5-7-17(31-2)8-6-16)14-35-21(28)13-15-4-9-19-20(12-15)34-11-10-33-19/h4-9,12,23H,3,10-11,13-14H2,1-2H3,(H2,26,27,30)/t23-/m0/s1. The van der Waals surface area contributed by atoms with E-state index in [1.165, 1.54) is 0 Å². The number of rotatable bonds is 8. The Morgan fingerprint density at radius 1 is 1.03 bits per heavy atom. The van der Waals surface area contributed by atoms with Crippen molar-refractivity contribution in [3.05, 3.63) is 64.9 Å². The second-order valence-electron chi connectivity index (χ2n) is 7.73. The van der Waals surface area contributed by atoms with Crippen LogP contribution < -0.4 is 24.8 Å². The molecule has 0 aliphatic carbocycles. The van der Waals surface area contributed by atoms with Gasteiger partial charge in [-0.15, -0.1) is 0 Å². The Labute approximate surface area is 202 Å². The number of amides is 2. The van der Waals surface area contributed by atoms with E-state index in [9.17, 15) is 14.4 Å². The highest BCUT2D eigenvalue weighted by molar-refractivity contribution is 5.95. The molecular weight excluding hydrogens is 456 g/mol. The Bertz CT molecular complexity index is 1140. The Kier molecular flexibility index (Phi) is 7.39. The Morgan fingerprint density at radius 2 is 1.77 bits per heavy atom. The number of benzene rings is 2. The summed E-state index contributed by atoms with van der Waals surface area (Å²) in [4.78, 5) is 37.8. The van der Waals surface area contributed by atoms with E-state index in [4.69, 9.17) is 23.7 Å². The van der Waals surface area contributed by atoms with Crippen molar-refractivity contribution < 1.29 is 38.1 Å². The molecular formula is C25H26N2O8. The second kappa shape index (κ2) is 10.8. The first kappa shape index (κ1) is 23.9. The van der Waals surface area contributed by atoms with Crippen LogP contribution in [0.2, 0.25) is 0 Å². The summed E-state index contributed by atoms with van der Waals surface area (Å²) in [5.74, 6) is 0.662. The molecule has 10 nitrogen and oxygen atoms in total. The predicted octanol–water partition coefficient (Wildman–Crippen LogP) is 2.42. The Morgan fingerprint density at radius 3 is 2.49 bits per heavy atom. The van der Waals surface area contributed by atoms with Crippen LogP contribution in [0.5, 0.6) is 17.2 Å². The van der Waals surface area contributed by atoms with Crippen molar-refractivity contribution in [2.24, 2.45) is 0 Å². The molecule has 1 atom stereocenters. The molecule has 0 aromatic heterocycles. The zero-order chi connectivity index (χ0) is 24.8. The van der Waals surface area contributed by atoms with Gasteiger partial charge in [0.1, 0.15) is 25.6 Å². The van der Waals surface area contributed by atoms with Crippen LogP contribution in [-0.2, 0) is 25.5 Å². The average Bonchev–Trinajstić information content (AvgIpc) is 2.87. The van der Waals surface area contributed by atoms with Crippen LogP contribution in [0.3, 0.4) is 0 Å². The van der Waals surface area contributed by atoms with Crippen LogP contribution in [0.25, 0.3) is 0 Å². The number of carbonyl (C=O) groups is 3. The van der Waals surface area contributed by atoms with Crippen LogP contribution in [0, 0.1) is 0 Å².